The summed E-state index contributed by atoms with van der Waals surface area (Å²) in [5, 5.41) is 8.97. The topological polar surface area (TPSA) is 66.8 Å². The third-order valence-electron chi connectivity index (χ3n) is 4.87. The van der Waals surface area contributed by atoms with Crippen molar-refractivity contribution in [3.63, 3.8) is 0 Å². The first-order chi connectivity index (χ1) is 11.7. The molecule has 0 spiro atoms. The van der Waals surface area contributed by atoms with Crippen LogP contribution in [0.4, 0.5) is 0 Å². The molecule has 1 saturated heterocycles. The summed E-state index contributed by atoms with van der Waals surface area (Å²) in [4.78, 5) is 18.4. The van der Waals surface area contributed by atoms with Crippen molar-refractivity contribution in [1.29, 1.82) is 0 Å². The van der Waals surface area contributed by atoms with Crippen molar-refractivity contribution >= 4 is 16.8 Å². The van der Waals surface area contributed by atoms with E-state index in [1.54, 1.807) is 10.9 Å². The minimum absolute atomic E-state index is 0.125. The number of para-hydroxylation sites is 1. The van der Waals surface area contributed by atoms with Crippen molar-refractivity contribution in [3.05, 3.63) is 47.9 Å². The van der Waals surface area contributed by atoms with E-state index in [0.29, 0.717) is 6.42 Å². The molecular formula is C18H21N5O. The van der Waals surface area contributed by atoms with Crippen molar-refractivity contribution in [2.45, 2.75) is 31.7 Å². The fourth-order valence-corrected chi connectivity index (χ4v) is 3.56. The van der Waals surface area contributed by atoms with E-state index in [-0.39, 0.29) is 11.9 Å². The maximum atomic E-state index is 12.9. The van der Waals surface area contributed by atoms with Gasteiger partial charge in [0, 0.05) is 24.8 Å². The Morgan fingerprint density at radius 2 is 2.21 bits per heavy atom. The van der Waals surface area contributed by atoms with Gasteiger partial charge in [0.25, 0.3) is 0 Å². The Kier molecular flexibility index (Phi) is 3.80. The summed E-state index contributed by atoms with van der Waals surface area (Å²) < 4.78 is 1.67. The van der Waals surface area contributed by atoms with E-state index in [1.165, 1.54) is 5.39 Å². The zero-order valence-electron chi connectivity index (χ0n) is 13.8. The molecule has 4 rings (SSSR count). The molecule has 1 N–H and O–H groups in total. The van der Waals surface area contributed by atoms with Crippen LogP contribution in [0.25, 0.3) is 10.9 Å². The van der Waals surface area contributed by atoms with Crippen molar-refractivity contribution in [2.75, 3.05) is 6.54 Å². The Hall–Kier alpha value is -2.63. The number of piperidine rings is 1. The molecule has 0 radical (unpaired) electrons. The Bertz CT molecular complexity index is 832. The monoisotopic (exact) mass is 323 g/mol. The fourth-order valence-electron chi connectivity index (χ4n) is 3.56. The minimum atomic E-state index is 0.125. The van der Waals surface area contributed by atoms with Crippen LogP contribution in [0.2, 0.25) is 0 Å². The lowest BCUT2D eigenvalue weighted by Gasteiger charge is -2.35. The highest BCUT2D eigenvalue weighted by Crippen LogP contribution is 2.32. The Balaban J connectivity index is 1.60. The summed E-state index contributed by atoms with van der Waals surface area (Å²) >= 11 is 0. The van der Waals surface area contributed by atoms with Gasteiger partial charge in [0.15, 0.2) is 0 Å². The number of aromatic nitrogens is 4. The zero-order chi connectivity index (χ0) is 16.5. The van der Waals surface area contributed by atoms with Gasteiger partial charge in [-0.2, -0.15) is 0 Å². The molecule has 1 aromatic carbocycles. The number of carbonyl (C=O) groups excluding carboxylic acids is 1. The highest BCUT2D eigenvalue weighted by molar-refractivity contribution is 5.82. The van der Waals surface area contributed by atoms with E-state index in [0.717, 1.165) is 42.7 Å². The molecule has 0 saturated carbocycles. The highest BCUT2D eigenvalue weighted by Gasteiger charge is 2.29. The number of fused-ring (bicyclic) bond motifs is 1. The Morgan fingerprint density at radius 1 is 1.33 bits per heavy atom. The molecule has 0 bridgehead atoms. The van der Waals surface area contributed by atoms with E-state index in [4.69, 9.17) is 0 Å². The van der Waals surface area contributed by atoms with E-state index in [2.05, 4.69) is 33.5 Å². The standard InChI is InChI=1S/C18H21N5O/c1-22-14(12-19-21-22)11-18(24)23-9-5-4-8-17(23)16-10-13-6-2-3-7-15(13)20-16/h2-3,6-7,10,12,17,20H,4-5,8-9,11H2,1H3. The first-order valence-electron chi connectivity index (χ1n) is 8.43. The smallest absolute Gasteiger partial charge is 0.229 e. The average Bonchev–Trinajstić information content (AvgIpc) is 3.21. The molecule has 3 heterocycles. The van der Waals surface area contributed by atoms with Gasteiger partial charge in [-0.1, -0.05) is 23.4 Å². The molecule has 1 aliphatic heterocycles. The predicted octanol–water partition coefficient (Wildman–Crippen LogP) is 2.59. The van der Waals surface area contributed by atoms with Crippen LogP contribution < -0.4 is 0 Å². The molecule has 1 unspecified atom stereocenters. The van der Waals surface area contributed by atoms with E-state index >= 15 is 0 Å². The van der Waals surface area contributed by atoms with E-state index in [9.17, 15) is 4.79 Å². The second-order valence-electron chi connectivity index (χ2n) is 6.44. The van der Waals surface area contributed by atoms with E-state index in [1.807, 2.05) is 24.1 Å². The second-order valence-corrected chi connectivity index (χ2v) is 6.44. The van der Waals surface area contributed by atoms with Gasteiger partial charge in [-0.3, -0.25) is 9.48 Å². The summed E-state index contributed by atoms with van der Waals surface area (Å²) in [6.45, 7) is 0.810. The molecular weight excluding hydrogens is 302 g/mol. The number of nitrogens with zero attached hydrogens (tertiary/aromatic N) is 4. The van der Waals surface area contributed by atoms with Crippen LogP contribution in [-0.2, 0) is 18.3 Å². The number of nitrogens with one attached hydrogen (secondary N) is 1. The van der Waals surface area contributed by atoms with Gasteiger partial charge >= 0.3 is 0 Å². The minimum Gasteiger partial charge on any atom is -0.357 e. The number of amides is 1. The van der Waals surface area contributed by atoms with Crippen LogP contribution in [0.5, 0.6) is 0 Å². The van der Waals surface area contributed by atoms with Crippen molar-refractivity contribution in [1.82, 2.24) is 24.9 Å². The van der Waals surface area contributed by atoms with Crippen LogP contribution in [0.1, 0.15) is 36.7 Å². The molecule has 6 nitrogen and oxygen atoms in total. The number of aryl methyl sites for hydroxylation is 1. The first-order valence-corrected chi connectivity index (χ1v) is 8.43. The first kappa shape index (κ1) is 14.9. The Morgan fingerprint density at radius 3 is 3.00 bits per heavy atom. The van der Waals surface area contributed by atoms with Gasteiger partial charge < -0.3 is 9.88 Å². The maximum absolute atomic E-state index is 12.9. The van der Waals surface area contributed by atoms with Crippen LogP contribution in [-0.4, -0.2) is 37.3 Å². The molecule has 1 fully saturated rings. The number of H-pyrrole nitrogens is 1. The van der Waals surface area contributed by atoms with Crippen LogP contribution in [0.15, 0.2) is 36.5 Å². The van der Waals surface area contributed by atoms with Crippen molar-refractivity contribution in [2.24, 2.45) is 7.05 Å². The fraction of sp³-hybridized carbons (Fsp3) is 0.389. The number of hydrogen-bond donors (Lipinski definition) is 1. The number of aromatic amines is 1. The maximum Gasteiger partial charge on any atom is 0.229 e. The van der Waals surface area contributed by atoms with Gasteiger partial charge in [0.2, 0.25) is 5.91 Å². The lowest BCUT2D eigenvalue weighted by molar-refractivity contribution is -0.134. The number of benzene rings is 1. The third-order valence-corrected chi connectivity index (χ3v) is 4.87. The number of carbonyl (C=O) groups is 1. The zero-order valence-corrected chi connectivity index (χ0v) is 13.8. The molecule has 1 amide bonds. The molecule has 1 aliphatic rings. The summed E-state index contributed by atoms with van der Waals surface area (Å²) in [6, 6.07) is 10.6. The quantitative estimate of drug-likeness (QED) is 0.805. The molecule has 2 aromatic heterocycles. The van der Waals surface area contributed by atoms with Gasteiger partial charge in [-0.05, 0) is 36.8 Å². The van der Waals surface area contributed by atoms with Crippen molar-refractivity contribution < 1.29 is 4.79 Å². The second kappa shape index (κ2) is 6.11. The summed E-state index contributed by atoms with van der Waals surface area (Å²) in [5.74, 6) is 0.142. The summed E-state index contributed by atoms with van der Waals surface area (Å²) in [5.41, 5.74) is 3.11. The number of likely N-dealkylation sites (tertiary alicyclic amines) is 1. The molecule has 1 atom stereocenters. The molecule has 0 aliphatic carbocycles. The third kappa shape index (κ3) is 2.68. The number of rotatable bonds is 3. The van der Waals surface area contributed by atoms with Crippen molar-refractivity contribution in [3.8, 4) is 0 Å². The summed E-state index contributed by atoms with van der Waals surface area (Å²) in [6.07, 6.45) is 5.23. The lowest BCUT2D eigenvalue weighted by atomic mass is 9.98. The molecule has 6 heteroatoms. The van der Waals surface area contributed by atoms with Crippen LogP contribution in [0, 0.1) is 0 Å². The van der Waals surface area contributed by atoms with Crippen LogP contribution >= 0.6 is 0 Å². The SMILES string of the molecule is Cn1nncc1CC(=O)N1CCCCC1c1cc2ccccc2[nH]1. The average molecular weight is 323 g/mol. The van der Waals surface area contributed by atoms with Gasteiger partial charge in [0.1, 0.15) is 0 Å². The summed E-state index contributed by atoms with van der Waals surface area (Å²) in [7, 11) is 1.82. The number of hydrogen-bond acceptors (Lipinski definition) is 3. The van der Waals surface area contributed by atoms with Gasteiger partial charge in [0.05, 0.1) is 24.4 Å². The molecule has 3 aromatic rings. The predicted molar refractivity (Wildman–Crippen MR) is 91.3 cm³/mol. The Labute approximate surface area is 140 Å². The van der Waals surface area contributed by atoms with Crippen LogP contribution in [0.3, 0.4) is 0 Å². The van der Waals surface area contributed by atoms with E-state index < -0.39 is 0 Å². The van der Waals surface area contributed by atoms with Gasteiger partial charge in [-0.25, -0.2) is 0 Å². The normalized spacial score (nSPS) is 18.2. The lowest BCUT2D eigenvalue weighted by Crippen LogP contribution is -2.39. The van der Waals surface area contributed by atoms with Gasteiger partial charge in [-0.15, -0.1) is 5.10 Å². The highest BCUT2D eigenvalue weighted by atomic mass is 16.2. The molecule has 24 heavy (non-hydrogen) atoms. The molecule has 124 valence electrons. The largest absolute Gasteiger partial charge is 0.357 e.